The van der Waals surface area contributed by atoms with Gasteiger partial charge in [0.15, 0.2) is 0 Å². The summed E-state index contributed by atoms with van der Waals surface area (Å²) >= 11 is 0. The molecular weight excluding hydrogens is 264 g/mol. The van der Waals surface area contributed by atoms with Gasteiger partial charge in [-0.05, 0) is 30.5 Å². The Kier molecular flexibility index (Phi) is 5.12. The maximum Gasteiger partial charge on any atom is 0.119 e. The van der Waals surface area contributed by atoms with E-state index in [0.29, 0.717) is 18.7 Å². The van der Waals surface area contributed by atoms with Crippen molar-refractivity contribution in [3.05, 3.63) is 29.8 Å². The lowest BCUT2D eigenvalue weighted by Crippen LogP contribution is -2.53. The Morgan fingerprint density at radius 1 is 1.29 bits per heavy atom. The van der Waals surface area contributed by atoms with Gasteiger partial charge < -0.3 is 15.2 Å². The largest absolute Gasteiger partial charge is 0.492 e. The van der Waals surface area contributed by atoms with Gasteiger partial charge in [0.1, 0.15) is 12.4 Å². The standard InChI is InChI=1S/C17H26N2O2/c18-13-14-4-3-5-15(12-14)20-10-8-19-9-11-21-17-7-2-1-6-16(17)19/h3-5,12,16-17H,1-2,6-11,13,18H2. The fraction of sp³-hybridized carbons (Fsp3) is 0.647. The molecule has 1 aliphatic heterocycles. The van der Waals surface area contributed by atoms with Crippen LogP contribution in [0.15, 0.2) is 24.3 Å². The van der Waals surface area contributed by atoms with E-state index in [9.17, 15) is 0 Å². The fourth-order valence-corrected chi connectivity index (χ4v) is 3.50. The van der Waals surface area contributed by atoms with E-state index in [-0.39, 0.29) is 0 Å². The summed E-state index contributed by atoms with van der Waals surface area (Å²) in [6.07, 6.45) is 5.60. The molecule has 0 bridgehead atoms. The highest BCUT2D eigenvalue weighted by Crippen LogP contribution is 2.28. The molecule has 4 heteroatoms. The monoisotopic (exact) mass is 290 g/mol. The smallest absolute Gasteiger partial charge is 0.119 e. The molecule has 2 aliphatic rings. The van der Waals surface area contributed by atoms with Crippen molar-refractivity contribution in [1.29, 1.82) is 0 Å². The first-order valence-electron chi connectivity index (χ1n) is 8.14. The van der Waals surface area contributed by atoms with E-state index >= 15 is 0 Å². The van der Waals surface area contributed by atoms with Crippen LogP contribution in [0.5, 0.6) is 5.75 Å². The van der Waals surface area contributed by atoms with E-state index in [4.69, 9.17) is 15.2 Å². The normalized spacial score (nSPS) is 26.3. The van der Waals surface area contributed by atoms with Crippen molar-refractivity contribution in [3.63, 3.8) is 0 Å². The lowest BCUT2D eigenvalue weighted by atomic mass is 9.90. The molecule has 2 unspecified atom stereocenters. The van der Waals surface area contributed by atoms with Crippen molar-refractivity contribution in [2.24, 2.45) is 5.73 Å². The third kappa shape index (κ3) is 3.76. The summed E-state index contributed by atoms with van der Waals surface area (Å²) in [5, 5.41) is 0. The molecule has 0 amide bonds. The predicted octanol–water partition coefficient (Wildman–Crippen LogP) is 2.17. The summed E-state index contributed by atoms with van der Waals surface area (Å²) in [6, 6.07) is 8.67. The van der Waals surface area contributed by atoms with E-state index in [1.54, 1.807) is 0 Å². The molecule has 0 spiro atoms. The van der Waals surface area contributed by atoms with Crippen LogP contribution in [-0.2, 0) is 11.3 Å². The minimum atomic E-state index is 0.452. The summed E-state index contributed by atoms with van der Waals surface area (Å²) < 4.78 is 11.8. The number of morpholine rings is 1. The summed E-state index contributed by atoms with van der Waals surface area (Å²) in [6.45, 7) is 4.18. The third-order valence-electron chi connectivity index (χ3n) is 4.63. The zero-order valence-corrected chi connectivity index (χ0v) is 12.7. The maximum atomic E-state index is 5.91. The number of nitrogens with two attached hydrogens (primary N) is 1. The van der Waals surface area contributed by atoms with E-state index in [1.807, 2.05) is 24.3 Å². The van der Waals surface area contributed by atoms with Crippen molar-refractivity contribution in [2.75, 3.05) is 26.3 Å². The number of hydrogen-bond acceptors (Lipinski definition) is 4. The van der Waals surface area contributed by atoms with Crippen LogP contribution in [0, 0.1) is 0 Å². The van der Waals surface area contributed by atoms with Gasteiger partial charge in [-0.3, -0.25) is 4.90 Å². The van der Waals surface area contributed by atoms with Gasteiger partial charge in [0.25, 0.3) is 0 Å². The molecule has 2 N–H and O–H groups in total. The number of nitrogens with zero attached hydrogens (tertiary/aromatic N) is 1. The van der Waals surface area contributed by atoms with Crippen LogP contribution in [-0.4, -0.2) is 43.3 Å². The first-order chi connectivity index (χ1) is 10.4. The van der Waals surface area contributed by atoms with Gasteiger partial charge in [-0.15, -0.1) is 0 Å². The van der Waals surface area contributed by atoms with Crippen molar-refractivity contribution in [2.45, 2.75) is 44.4 Å². The zero-order chi connectivity index (χ0) is 14.5. The second-order valence-corrected chi connectivity index (χ2v) is 6.00. The summed E-state index contributed by atoms with van der Waals surface area (Å²) in [5.74, 6) is 0.923. The van der Waals surface area contributed by atoms with Gasteiger partial charge in [0, 0.05) is 25.7 Å². The van der Waals surface area contributed by atoms with Crippen molar-refractivity contribution < 1.29 is 9.47 Å². The van der Waals surface area contributed by atoms with Crippen LogP contribution in [0.1, 0.15) is 31.2 Å². The van der Waals surface area contributed by atoms with Crippen LogP contribution in [0.3, 0.4) is 0 Å². The van der Waals surface area contributed by atoms with Gasteiger partial charge in [-0.1, -0.05) is 25.0 Å². The lowest BCUT2D eigenvalue weighted by Gasteiger charge is -2.43. The van der Waals surface area contributed by atoms with E-state index in [1.165, 1.54) is 25.7 Å². The van der Waals surface area contributed by atoms with Crippen molar-refractivity contribution >= 4 is 0 Å². The minimum Gasteiger partial charge on any atom is -0.492 e. The number of benzene rings is 1. The molecule has 21 heavy (non-hydrogen) atoms. The Balaban J connectivity index is 1.49. The molecule has 0 aromatic heterocycles. The zero-order valence-electron chi connectivity index (χ0n) is 12.7. The topological polar surface area (TPSA) is 47.7 Å². The summed E-state index contributed by atoms with van der Waals surface area (Å²) in [4.78, 5) is 2.56. The molecule has 2 atom stereocenters. The van der Waals surface area contributed by atoms with Crippen molar-refractivity contribution in [1.82, 2.24) is 4.90 Å². The Bertz CT molecular complexity index is 450. The van der Waals surface area contributed by atoms with Crippen LogP contribution in [0.2, 0.25) is 0 Å². The highest BCUT2D eigenvalue weighted by atomic mass is 16.5. The molecule has 3 rings (SSSR count). The molecule has 1 saturated heterocycles. The van der Waals surface area contributed by atoms with Crippen LogP contribution < -0.4 is 10.5 Å². The minimum absolute atomic E-state index is 0.452. The highest BCUT2D eigenvalue weighted by Gasteiger charge is 2.33. The van der Waals surface area contributed by atoms with E-state index in [0.717, 1.165) is 37.6 Å². The van der Waals surface area contributed by atoms with Gasteiger partial charge in [0.2, 0.25) is 0 Å². The molecule has 1 aromatic rings. The lowest BCUT2D eigenvalue weighted by molar-refractivity contribution is -0.0901. The average molecular weight is 290 g/mol. The fourth-order valence-electron chi connectivity index (χ4n) is 3.50. The number of hydrogen-bond donors (Lipinski definition) is 1. The Labute approximate surface area is 127 Å². The van der Waals surface area contributed by atoms with Crippen molar-refractivity contribution in [3.8, 4) is 5.75 Å². The third-order valence-corrected chi connectivity index (χ3v) is 4.63. The summed E-state index contributed by atoms with van der Waals surface area (Å²) in [5.41, 5.74) is 6.78. The molecule has 1 saturated carbocycles. The highest BCUT2D eigenvalue weighted by molar-refractivity contribution is 5.28. The summed E-state index contributed by atoms with van der Waals surface area (Å²) in [7, 11) is 0. The Morgan fingerprint density at radius 2 is 2.19 bits per heavy atom. The van der Waals surface area contributed by atoms with Gasteiger partial charge in [-0.25, -0.2) is 0 Å². The van der Waals surface area contributed by atoms with E-state index < -0.39 is 0 Å². The molecule has 2 fully saturated rings. The predicted molar refractivity (Wildman–Crippen MR) is 83.4 cm³/mol. The van der Waals surface area contributed by atoms with Crippen LogP contribution in [0.25, 0.3) is 0 Å². The van der Waals surface area contributed by atoms with Gasteiger partial charge in [-0.2, -0.15) is 0 Å². The first-order valence-corrected chi connectivity index (χ1v) is 8.14. The maximum absolute atomic E-state index is 5.91. The van der Waals surface area contributed by atoms with Gasteiger partial charge >= 0.3 is 0 Å². The number of ether oxygens (including phenoxy) is 2. The molecule has 1 aliphatic carbocycles. The quantitative estimate of drug-likeness (QED) is 0.903. The van der Waals surface area contributed by atoms with Crippen LogP contribution >= 0.6 is 0 Å². The Hall–Kier alpha value is -1.10. The molecule has 1 heterocycles. The number of fused-ring (bicyclic) bond motifs is 1. The molecule has 0 radical (unpaired) electrons. The second kappa shape index (κ2) is 7.25. The average Bonchev–Trinajstić information content (AvgIpc) is 2.55. The van der Waals surface area contributed by atoms with Crippen LogP contribution in [0.4, 0.5) is 0 Å². The molecule has 116 valence electrons. The number of rotatable bonds is 5. The molecular formula is C17H26N2O2. The van der Waals surface area contributed by atoms with E-state index in [2.05, 4.69) is 4.90 Å². The Morgan fingerprint density at radius 3 is 3.10 bits per heavy atom. The second-order valence-electron chi connectivity index (χ2n) is 6.00. The molecule has 1 aromatic carbocycles. The van der Waals surface area contributed by atoms with Gasteiger partial charge in [0.05, 0.1) is 12.7 Å². The molecule has 4 nitrogen and oxygen atoms in total. The first kappa shape index (κ1) is 14.8. The SMILES string of the molecule is NCc1cccc(OCCN2CCOC3CCCCC32)c1.